The lowest BCUT2D eigenvalue weighted by Gasteiger charge is -2.32. The van der Waals surface area contributed by atoms with Gasteiger partial charge in [0.05, 0.1) is 0 Å². The first kappa shape index (κ1) is 14.9. The van der Waals surface area contributed by atoms with E-state index in [1.54, 1.807) is 21.6 Å². The van der Waals surface area contributed by atoms with Crippen LogP contribution in [0, 0.1) is 0 Å². The summed E-state index contributed by atoms with van der Waals surface area (Å²) >= 11 is 0. The molecule has 2 aromatic rings. The van der Waals surface area contributed by atoms with Crippen molar-refractivity contribution >= 4 is 39.3 Å². The van der Waals surface area contributed by atoms with E-state index in [-0.39, 0.29) is 0 Å². The van der Waals surface area contributed by atoms with Crippen LogP contribution in [0.3, 0.4) is 0 Å². The SMILES string of the molecule is O=P1(C2CCCCC2)c2ccccc2SSc2ccccc21. The highest BCUT2D eigenvalue weighted by Crippen LogP contribution is 2.59. The molecule has 0 spiro atoms. The van der Waals surface area contributed by atoms with E-state index < -0.39 is 7.14 Å². The molecule has 0 bridgehead atoms. The molecular weight excluding hydrogens is 327 g/mol. The minimum atomic E-state index is -2.55. The summed E-state index contributed by atoms with van der Waals surface area (Å²) in [6.45, 7) is 0. The predicted molar refractivity (Wildman–Crippen MR) is 98.3 cm³/mol. The van der Waals surface area contributed by atoms with Crippen molar-refractivity contribution in [3.8, 4) is 0 Å². The van der Waals surface area contributed by atoms with E-state index in [1.165, 1.54) is 29.1 Å². The summed E-state index contributed by atoms with van der Waals surface area (Å²) in [7, 11) is 0.972. The van der Waals surface area contributed by atoms with Crippen molar-refractivity contribution in [3.63, 3.8) is 0 Å². The molecule has 1 nitrogen and oxygen atoms in total. The third kappa shape index (κ3) is 2.38. The molecule has 22 heavy (non-hydrogen) atoms. The van der Waals surface area contributed by atoms with Gasteiger partial charge in [0.15, 0.2) is 0 Å². The maximum Gasteiger partial charge on any atom is 0.148 e. The first-order valence-electron chi connectivity index (χ1n) is 7.93. The van der Waals surface area contributed by atoms with Crippen LogP contribution in [-0.2, 0) is 4.57 Å². The van der Waals surface area contributed by atoms with Crippen LogP contribution in [0.2, 0.25) is 0 Å². The van der Waals surface area contributed by atoms with Crippen molar-refractivity contribution < 1.29 is 4.57 Å². The Morgan fingerprint density at radius 2 is 1.27 bits per heavy atom. The van der Waals surface area contributed by atoms with Crippen LogP contribution in [0.5, 0.6) is 0 Å². The molecule has 0 amide bonds. The number of benzene rings is 2. The number of rotatable bonds is 1. The van der Waals surface area contributed by atoms with Gasteiger partial charge in [0.2, 0.25) is 0 Å². The summed E-state index contributed by atoms with van der Waals surface area (Å²) in [6.07, 6.45) is 5.95. The highest BCUT2D eigenvalue weighted by atomic mass is 33.1. The van der Waals surface area contributed by atoms with Gasteiger partial charge in [-0.3, -0.25) is 0 Å². The van der Waals surface area contributed by atoms with Gasteiger partial charge >= 0.3 is 0 Å². The minimum Gasteiger partial charge on any atom is -0.313 e. The third-order valence-electron chi connectivity index (χ3n) is 4.76. The number of hydrogen-bond acceptors (Lipinski definition) is 3. The maximum absolute atomic E-state index is 14.4. The second-order valence-electron chi connectivity index (χ2n) is 6.05. The van der Waals surface area contributed by atoms with E-state index in [4.69, 9.17) is 0 Å². The first-order chi connectivity index (χ1) is 10.8. The van der Waals surface area contributed by atoms with E-state index in [0.29, 0.717) is 5.66 Å². The van der Waals surface area contributed by atoms with Gasteiger partial charge in [-0.05, 0) is 25.0 Å². The average molecular weight is 346 g/mol. The van der Waals surface area contributed by atoms with Gasteiger partial charge in [-0.1, -0.05) is 77.2 Å². The predicted octanol–water partition coefficient (Wildman–Crippen LogP) is 5.45. The van der Waals surface area contributed by atoms with Crippen molar-refractivity contribution in [2.75, 3.05) is 0 Å². The Hall–Kier alpha value is -0.630. The van der Waals surface area contributed by atoms with Crippen LogP contribution in [0.1, 0.15) is 32.1 Å². The molecule has 0 atom stereocenters. The van der Waals surface area contributed by atoms with Gasteiger partial charge in [0.1, 0.15) is 7.14 Å². The van der Waals surface area contributed by atoms with Gasteiger partial charge in [-0.25, -0.2) is 0 Å². The standard InChI is InChI=1S/C18H19OPS2/c19-20(14-8-2-1-3-9-14)15-10-4-6-12-17(15)21-22-18-13-7-5-11-16(18)20/h4-7,10-14H,1-3,8-9H2. The summed E-state index contributed by atoms with van der Waals surface area (Å²) in [4.78, 5) is 2.38. The Balaban J connectivity index is 1.96. The van der Waals surface area contributed by atoms with Crippen LogP contribution in [0.25, 0.3) is 0 Å². The summed E-state index contributed by atoms with van der Waals surface area (Å²) in [5.41, 5.74) is 0.322. The molecule has 1 aliphatic carbocycles. The quantitative estimate of drug-likeness (QED) is 0.505. The highest BCUT2D eigenvalue weighted by molar-refractivity contribution is 8.77. The van der Waals surface area contributed by atoms with Crippen molar-refractivity contribution in [2.45, 2.75) is 47.6 Å². The summed E-state index contributed by atoms with van der Waals surface area (Å²) in [5, 5.41) is 2.20. The lowest BCUT2D eigenvalue weighted by molar-refractivity contribution is 0.490. The lowest BCUT2D eigenvalue weighted by Crippen LogP contribution is -2.28. The van der Waals surface area contributed by atoms with Gasteiger partial charge in [0.25, 0.3) is 0 Å². The Kier molecular flexibility index (Phi) is 4.15. The molecule has 4 rings (SSSR count). The number of hydrogen-bond donors (Lipinski definition) is 0. The Bertz CT molecular complexity index is 686. The Morgan fingerprint density at radius 3 is 1.82 bits per heavy atom. The zero-order chi connectivity index (χ0) is 15.0. The molecule has 1 saturated carbocycles. The molecule has 0 unspecified atom stereocenters. The van der Waals surface area contributed by atoms with Crippen LogP contribution < -0.4 is 10.6 Å². The molecule has 1 aliphatic heterocycles. The second-order valence-corrected chi connectivity index (χ2v) is 11.3. The molecule has 4 heteroatoms. The fraction of sp³-hybridized carbons (Fsp3) is 0.333. The van der Waals surface area contributed by atoms with E-state index in [2.05, 4.69) is 36.4 Å². The lowest BCUT2D eigenvalue weighted by atomic mass is 10.0. The van der Waals surface area contributed by atoms with Gasteiger partial charge in [-0.2, -0.15) is 0 Å². The van der Waals surface area contributed by atoms with Crippen molar-refractivity contribution in [3.05, 3.63) is 48.5 Å². The highest BCUT2D eigenvalue weighted by Gasteiger charge is 2.41. The van der Waals surface area contributed by atoms with Crippen LogP contribution >= 0.6 is 28.7 Å². The second kappa shape index (κ2) is 6.11. The Morgan fingerprint density at radius 1 is 0.773 bits per heavy atom. The van der Waals surface area contributed by atoms with E-state index >= 15 is 0 Å². The van der Waals surface area contributed by atoms with Crippen LogP contribution in [0.4, 0.5) is 0 Å². The normalized spacial score (nSPS) is 20.7. The monoisotopic (exact) mass is 346 g/mol. The molecular formula is C18H19OPS2. The van der Waals surface area contributed by atoms with E-state index in [9.17, 15) is 4.57 Å². The molecule has 2 aromatic carbocycles. The molecule has 114 valence electrons. The van der Waals surface area contributed by atoms with Gasteiger partial charge in [0, 0.05) is 26.1 Å². The summed E-state index contributed by atoms with van der Waals surface area (Å²) in [5.74, 6) is 0. The molecule has 1 fully saturated rings. The third-order valence-corrected chi connectivity index (χ3v) is 11.3. The minimum absolute atomic E-state index is 0.322. The molecule has 0 radical (unpaired) electrons. The first-order valence-corrected chi connectivity index (χ1v) is 11.9. The zero-order valence-corrected chi connectivity index (χ0v) is 14.9. The fourth-order valence-electron chi connectivity index (χ4n) is 3.66. The van der Waals surface area contributed by atoms with Crippen molar-refractivity contribution in [1.82, 2.24) is 0 Å². The molecule has 0 N–H and O–H groups in total. The average Bonchev–Trinajstić information content (AvgIpc) is 2.73. The Labute approximate surface area is 140 Å². The molecule has 2 aliphatic rings. The molecule has 0 aromatic heterocycles. The molecule has 0 saturated heterocycles. The van der Waals surface area contributed by atoms with Gasteiger partial charge < -0.3 is 4.57 Å². The smallest absolute Gasteiger partial charge is 0.148 e. The summed E-state index contributed by atoms with van der Waals surface area (Å²) in [6, 6.07) is 16.7. The maximum atomic E-state index is 14.4. The van der Waals surface area contributed by atoms with E-state index in [1.807, 2.05) is 12.1 Å². The fourth-order valence-corrected chi connectivity index (χ4v) is 10.8. The summed E-state index contributed by atoms with van der Waals surface area (Å²) < 4.78 is 14.4. The van der Waals surface area contributed by atoms with Crippen molar-refractivity contribution in [1.29, 1.82) is 0 Å². The van der Waals surface area contributed by atoms with Crippen LogP contribution in [0.15, 0.2) is 58.3 Å². The topological polar surface area (TPSA) is 17.1 Å². The van der Waals surface area contributed by atoms with Crippen molar-refractivity contribution in [2.24, 2.45) is 0 Å². The molecule has 1 heterocycles. The largest absolute Gasteiger partial charge is 0.313 e. The van der Waals surface area contributed by atoms with E-state index in [0.717, 1.165) is 23.5 Å². The van der Waals surface area contributed by atoms with Crippen LogP contribution in [-0.4, -0.2) is 5.66 Å². The zero-order valence-electron chi connectivity index (χ0n) is 12.4. The van der Waals surface area contributed by atoms with Gasteiger partial charge in [-0.15, -0.1) is 0 Å². The number of fused-ring (bicyclic) bond motifs is 2.